The van der Waals surface area contributed by atoms with Crippen LogP contribution in [-0.2, 0) is 11.3 Å². The molecular weight excluding hydrogens is 208 g/mol. The molecule has 0 atom stereocenters. The molecule has 0 saturated carbocycles. The minimum Gasteiger partial charge on any atom is -0.370 e. The smallest absolute Gasteiger partial charge is 0.269 e. The van der Waals surface area contributed by atoms with Gasteiger partial charge in [-0.25, -0.2) is 4.68 Å². The first kappa shape index (κ1) is 10.7. The number of nitrogens with two attached hydrogens (primary N) is 1. The first-order valence-electron chi connectivity index (χ1n) is 5.27. The van der Waals surface area contributed by atoms with Crippen LogP contribution in [0.25, 0.3) is 0 Å². The van der Waals surface area contributed by atoms with Crippen LogP contribution >= 0.6 is 0 Å². The third-order valence-corrected chi connectivity index (χ3v) is 2.63. The summed E-state index contributed by atoms with van der Waals surface area (Å²) < 4.78 is 1.07. The van der Waals surface area contributed by atoms with Crippen LogP contribution in [0.15, 0.2) is 17.1 Å². The van der Waals surface area contributed by atoms with E-state index in [2.05, 4.69) is 10.00 Å². The molecule has 2 heterocycles. The summed E-state index contributed by atoms with van der Waals surface area (Å²) in [5.41, 5.74) is 5.54. The number of amides is 1. The van der Waals surface area contributed by atoms with Gasteiger partial charge in [0.15, 0.2) is 0 Å². The molecule has 1 aliphatic heterocycles. The lowest BCUT2D eigenvalue weighted by Crippen LogP contribution is -2.31. The van der Waals surface area contributed by atoms with Crippen LogP contribution in [-0.4, -0.2) is 28.8 Å². The van der Waals surface area contributed by atoms with Gasteiger partial charge in [0.1, 0.15) is 6.54 Å². The van der Waals surface area contributed by atoms with Gasteiger partial charge < -0.3 is 10.6 Å². The van der Waals surface area contributed by atoms with Gasteiger partial charge in [-0.3, -0.25) is 9.59 Å². The Hall–Kier alpha value is -1.85. The zero-order valence-electron chi connectivity index (χ0n) is 8.93. The first-order chi connectivity index (χ1) is 7.66. The van der Waals surface area contributed by atoms with Crippen molar-refractivity contribution in [2.24, 2.45) is 5.73 Å². The van der Waals surface area contributed by atoms with Crippen LogP contribution in [0.2, 0.25) is 0 Å². The van der Waals surface area contributed by atoms with E-state index in [1.807, 2.05) is 0 Å². The van der Waals surface area contributed by atoms with Gasteiger partial charge in [-0.15, -0.1) is 0 Å². The van der Waals surface area contributed by atoms with Gasteiger partial charge in [-0.2, -0.15) is 5.10 Å². The Kier molecular flexibility index (Phi) is 2.89. The molecule has 0 aliphatic carbocycles. The van der Waals surface area contributed by atoms with E-state index in [1.54, 1.807) is 6.20 Å². The number of hydrogen-bond donors (Lipinski definition) is 1. The predicted molar refractivity (Wildman–Crippen MR) is 59.1 cm³/mol. The van der Waals surface area contributed by atoms with Crippen LogP contribution in [0, 0.1) is 0 Å². The van der Waals surface area contributed by atoms with E-state index >= 15 is 0 Å². The van der Waals surface area contributed by atoms with Crippen molar-refractivity contribution in [1.29, 1.82) is 0 Å². The highest BCUT2D eigenvalue weighted by Gasteiger charge is 2.13. The van der Waals surface area contributed by atoms with Gasteiger partial charge >= 0.3 is 0 Å². The van der Waals surface area contributed by atoms with Crippen LogP contribution in [0.1, 0.15) is 12.8 Å². The molecule has 1 aromatic rings. The van der Waals surface area contributed by atoms with Gasteiger partial charge in [0, 0.05) is 19.2 Å². The Balaban J connectivity index is 2.21. The van der Waals surface area contributed by atoms with Gasteiger partial charge in [-0.1, -0.05) is 0 Å². The molecule has 1 amide bonds. The minimum atomic E-state index is -0.566. The average molecular weight is 222 g/mol. The SMILES string of the molecule is NC(=O)Cn1ncc(N2CCCC2)cc1=O. The molecule has 0 spiro atoms. The van der Waals surface area contributed by atoms with Crippen molar-refractivity contribution in [1.82, 2.24) is 9.78 Å². The molecule has 0 bridgehead atoms. The molecule has 1 aromatic heterocycles. The van der Waals surface area contributed by atoms with E-state index in [4.69, 9.17) is 5.73 Å². The number of hydrogen-bond acceptors (Lipinski definition) is 4. The van der Waals surface area contributed by atoms with Crippen molar-refractivity contribution in [2.45, 2.75) is 19.4 Å². The Morgan fingerprint density at radius 2 is 2.12 bits per heavy atom. The van der Waals surface area contributed by atoms with Gasteiger partial charge in [0.05, 0.1) is 11.9 Å². The van der Waals surface area contributed by atoms with Crippen molar-refractivity contribution < 1.29 is 4.79 Å². The van der Waals surface area contributed by atoms with Crippen LogP contribution in [0.4, 0.5) is 5.69 Å². The number of carbonyl (C=O) groups is 1. The zero-order chi connectivity index (χ0) is 11.5. The predicted octanol–water partition coefficient (Wildman–Crippen LogP) is -0.671. The van der Waals surface area contributed by atoms with Crippen molar-refractivity contribution in [3.05, 3.63) is 22.6 Å². The molecule has 1 saturated heterocycles. The normalized spacial score (nSPS) is 15.4. The molecule has 16 heavy (non-hydrogen) atoms. The van der Waals surface area contributed by atoms with Gasteiger partial charge in [0.2, 0.25) is 5.91 Å². The highest BCUT2D eigenvalue weighted by atomic mass is 16.2. The van der Waals surface area contributed by atoms with E-state index < -0.39 is 5.91 Å². The summed E-state index contributed by atoms with van der Waals surface area (Å²) in [6, 6.07) is 1.50. The number of anilines is 1. The molecule has 0 radical (unpaired) electrons. The third-order valence-electron chi connectivity index (χ3n) is 2.63. The maximum absolute atomic E-state index is 11.6. The Morgan fingerprint density at radius 3 is 2.69 bits per heavy atom. The van der Waals surface area contributed by atoms with Crippen LogP contribution < -0.4 is 16.2 Å². The molecular formula is C10H14N4O2. The largest absolute Gasteiger partial charge is 0.370 e. The second-order valence-electron chi connectivity index (χ2n) is 3.87. The standard InChI is InChI=1S/C10H14N4O2/c11-9(15)7-14-10(16)5-8(6-12-14)13-3-1-2-4-13/h5-6H,1-4,7H2,(H2,11,15). The Bertz CT molecular complexity index is 448. The number of nitrogens with zero attached hydrogens (tertiary/aromatic N) is 3. The van der Waals surface area contributed by atoms with E-state index in [1.165, 1.54) is 6.07 Å². The molecule has 0 unspecified atom stereocenters. The molecule has 6 heteroatoms. The average Bonchev–Trinajstić information content (AvgIpc) is 2.73. The van der Waals surface area contributed by atoms with E-state index in [-0.39, 0.29) is 12.1 Å². The zero-order valence-corrected chi connectivity index (χ0v) is 8.93. The number of rotatable bonds is 3. The summed E-state index contributed by atoms with van der Waals surface area (Å²) in [7, 11) is 0. The van der Waals surface area contributed by atoms with Crippen molar-refractivity contribution in [3.8, 4) is 0 Å². The molecule has 2 rings (SSSR count). The van der Waals surface area contributed by atoms with Crippen LogP contribution in [0.3, 0.4) is 0 Å². The Morgan fingerprint density at radius 1 is 1.44 bits per heavy atom. The molecule has 86 valence electrons. The van der Waals surface area contributed by atoms with E-state index in [0.717, 1.165) is 36.3 Å². The van der Waals surface area contributed by atoms with E-state index in [9.17, 15) is 9.59 Å². The Labute approximate surface area is 92.7 Å². The molecule has 6 nitrogen and oxygen atoms in total. The number of primary amides is 1. The highest BCUT2D eigenvalue weighted by Crippen LogP contribution is 2.16. The summed E-state index contributed by atoms with van der Waals surface area (Å²) in [5, 5.41) is 3.92. The maximum atomic E-state index is 11.6. The van der Waals surface area contributed by atoms with Crippen molar-refractivity contribution >= 4 is 11.6 Å². The van der Waals surface area contributed by atoms with Crippen LogP contribution in [0.5, 0.6) is 0 Å². The summed E-state index contributed by atoms with van der Waals surface area (Å²) in [5.74, 6) is -0.566. The molecule has 0 aromatic carbocycles. The summed E-state index contributed by atoms with van der Waals surface area (Å²) >= 11 is 0. The fourth-order valence-corrected chi connectivity index (χ4v) is 1.84. The first-order valence-corrected chi connectivity index (χ1v) is 5.27. The summed E-state index contributed by atoms with van der Waals surface area (Å²) in [6.07, 6.45) is 3.89. The molecule has 2 N–H and O–H groups in total. The quantitative estimate of drug-likeness (QED) is 0.735. The maximum Gasteiger partial charge on any atom is 0.269 e. The lowest BCUT2D eigenvalue weighted by molar-refractivity contribution is -0.118. The fraction of sp³-hybridized carbons (Fsp3) is 0.500. The fourth-order valence-electron chi connectivity index (χ4n) is 1.84. The molecule has 1 aliphatic rings. The summed E-state index contributed by atoms with van der Waals surface area (Å²) in [6.45, 7) is 1.75. The van der Waals surface area contributed by atoms with E-state index in [0.29, 0.717) is 0 Å². The second-order valence-corrected chi connectivity index (χ2v) is 3.87. The van der Waals surface area contributed by atoms with Gasteiger partial charge in [-0.05, 0) is 12.8 Å². The molecule has 1 fully saturated rings. The second kappa shape index (κ2) is 4.34. The minimum absolute atomic E-state index is 0.168. The lowest BCUT2D eigenvalue weighted by Gasteiger charge is -2.16. The monoisotopic (exact) mass is 222 g/mol. The van der Waals surface area contributed by atoms with Gasteiger partial charge in [0.25, 0.3) is 5.56 Å². The lowest BCUT2D eigenvalue weighted by atomic mass is 10.4. The number of aromatic nitrogens is 2. The topological polar surface area (TPSA) is 81.2 Å². The third kappa shape index (κ3) is 2.21. The number of carbonyl (C=O) groups excluding carboxylic acids is 1. The van der Waals surface area contributed by atoms with Crippen molar-refractivity contribution in [3.63, 3.8) is 0 Å². The summed E-state index contributed by atoms with van der Waals surface area (Å²) in [4.78, 5) is 24.4. The van der Waals surface area contributed by atoms with Crippen molar-refractivity contribution in [2.75, 3.05) is 18.0 Å². The highest BCUT2D eigenvalue weighted by molar-refractivity contribution is 5.73.